The number of rotatable bonds is 3. The van der Waals surface area contributed by atoms with Crippen LogP contribution in [0.2, 0.25) is 0 Å². The predicted octanol–water partition coefficient (Wildman–Crippen LogP) is 4.12. The zero-order valence-corrected chi connectivity index (χ0v) is 11.7. The first kappa shape index (κ1) is 16.0. The van der Waals surface area contributed by atoms with E-state index < -0.39 is 17.6 Å². The van der Waals surface area contributed by atoms with Gasteiger partial charge in [0.15, 0.2) is 0 Å². The minimum absolute atomic E-state index is 0.164. The maximum absolute atomic E-state index is 12.8. The van der Waals surface area contributed by atoms with Crippen molar-refractivity contribution in [3.63, 3.8) is 0 Å². The lowest BCUT2D eigenvalue weighted by Crippen LogP contribution is -2.26. The topological polar surface area (TPSA) is 20.3 Å². The minimum atomic E-state index is -4.43. The Balaban J connectivity index is 2.08. The van der Waals surface area contributed by atoms with E-state index in [0.717, 1.165) is 29.8 Å². The van der Waals surface area contributed by atoms with E-state index in [9.17, 15) is 22.4 Å². The molecule has 0 saturated carbocycles. The molecule has 116 valence electrons. The quantitative estimate of drug-likeness (QED) is 0.781. The first-order chi connectivity index (χ1) is 10.3. The highest BCUT2D eigenvalue weighted by atomic mass is 19.4. The summed E-state index contributed by atoms with van der Waals surface area (Å²) >= 11 is 0. The van der Waals surface area contributed by atoms with Crippen molar-refractivity contribution in [3.05, 3.63) is 71.0 Å². The monoisotopic (exact) mass is 311 g/mol. The molecule has 0 N–H and O–H groups in total. The third-order valence-corrected chi connectivity index (χ3v) is 3.14. The maximum atomic E-state index is 12.8. The Labute approximate surface area is 125 Å². The SMILES string of the molecule is CN(Cc1ccc(F)cc1)C(=O)c1ccc(C(F)(F)F)cc1. The van der Waals surface area contributed by atoms with Gasteiger partial charge in [-0.2, -0.15) is 13.2 Å². The number of nitrogens with zero attached hydrogens (tertiary/aromatic N) is 1. The van der Waals surface area contributed by atoms with Crippen molar-refractivity contribution in [2.45, 2.75) is 12.7 Å². The van der Waals surface area contributed by atoms with Gasteiger partial charge in [0.05, 0.1) is 5.56 Å². The number of hydrogen-bond acceptors (Lipinski definition) is 1. The highest BCUT2D eigenvalue weighted by molar-refractivity contribution is 5.94. The van der Waals surface area contributed by atoms with Crippen molar-refractivity contribution in [2.75, 3.05) is 7.05 Å². The number of carbonyl (C=O) groups is 1. The Morgan fingerprint density at radius 2 is 1.55 bits per heavy atom. The zero-order valence-electron chi connectivity index (χ0n) is 11.7. The molecule has 0 aliphatic heterocycles. The molecule has 0 heterocycles. The third-order valence-electron chi connectivity index (χ3n) is 3.14. The molecular weight excluding hydrogens is 298 g/mol. The van der Waals surface area contributed by atoms with E-state index in [1.54, 1.807) is 12.1 Å². The highest BCUT2D eigenvalue weighted by Gasteiger charge is 2.30. The molecule has 2 aromatic rings. The summed E-state index contributed by atoms with van der Waals surface area (Å²) in [5, 5.41) is 0. The summed E-state index contributed by atoms with van der Waals surface area (Å²) < 4.78 is 50.2. The van der Waals surface area contributed by atoms with E-state index in [-0.39, 0.29) is 17.9 Å². The Bertz CT molecular complexity index is 647. The van der Waals surface area contributed by atoms with Crippen LogP contribution in [0.4, 0.5) is 17.6 Å². The van der Waals surface area contributed by atoms with Crippen molar-refractivity contribution in [3.8, 4) is 0 Å². The maximum Gasteiger partial charge on any atom is 0.416 e. The summed E-state index contributed by atoms with van der Waals surface area (Å²) in [4.78, 5) is 13.5. The summed E-state index contributed by atoms with van der Waals surface area (Å²) in [7, 11) is 1.53. The smallest absolute Gasteiger partial charge is 0.337 e. The van der Waals surface area contributed by atoms with Crippen LogP contribution in [0.15, 0.2) is 48.5 Å². The van der Waals surface area contributed by atoms with Crippen molar-refractivity contribution < 1.29 is 22.4 Å². The molecule has 0 radical (unpaired) electrons. The van der Waals surface area contributed by atoms with E-state index in [4.69, 9.17) is 0 Å². The predicted molar refractivity (Wildman–Crippen MR) is 73.6 cm³/mol. The number of alkyl halides is 3. The fraction of sp³-hybridized carbons (Fsp3) is 0.188. The van der Waals surface area contributed by atoms with Gasteiger partial charge in [0.2, 0.25) is 0 Å². The van der Waals surface area contributed by atoms with Gasteiger partial charge < -0.3 is 4.90 Å². The molecule has 0 spiro atoms. The van der Waals surface area contributed by atoms with E-state index in [1.807, 2.05) is 0 Å². The zero-order chi connectivity index (χ0) is 16.3. The largest absolute Gasteiger partial charge is 0.416 e. The molecule has 0 aromatic heterocycles. The van der Waals surface area contributed by atoms with Gasteiger partial charge in [-0.15, -0.1) is 0 Å². The second kappa shape index (κ2) is 6.17. The fourth-order valence-electron chi connectivity index (χ4n) is 1.96. The molecule has 2 nitrogen and oxygen atoms in total. The molecule has 22 heavy (non-hydrogen) atoms. The Morgan fingerprint density at radius 1 is 1.00 bits per heavy atom. The standard InChI is InChI=1S/C16H13F4NO/c1-21(10-11-2-8-14(17)9-3-11)15(22)12-4-6-13(7-5-12)16(18,19)20/h2-9H,10H2,1H3. The van der Waals surface area contributed by atoms with Gasteiger partial charge in [-0.3, -0.25) is 4.79 Å². The van der Waals surface area contributed by atoms with Crippen molar-refractivity contribution in [2.24, 2.45) is 0 Å². The second-order valence-corrected chi connectivity index (χ2v) is 4.86. The van der Waals surface area contributed by atoms with Crippen LogP contribution in [-0.4, -0.2) is 17.9 Å². The number of halogens is 4. The molecule has 0 aliphatic rings. The molecule has 0 unspecified atom stereocenters. The number of hydrogen-bond donors (Lipinski definition) is 0. The molecule has 0 aliphatic carbocycles. The van der Waals surface area contributed by atoms with Gasteiger partial charge in [-0.25, -0.2) is 4.39 Å². The van der Waals surface area contributed by atoms with Crippen LogP contribution in [-0.2, 0) is 12.7 Å². The Hall–Kier alpha value is -2.37. The summed E-state index contributed by atoms with van der Waals surface area (Å²) in [6.07, 6.45) is -4.43. The number of amides is 1. The van der Waals surface area contributed by atoms with Gasteiger partial charge in [-0.1, -0.05) is 12.1 Å². The lowest BCUT2D eigenvalue weighted by atomic mass is 10.1. The first-order valence-corrected chi connectivity index (χ1v) is 6.44. The molecule has 2 rings (SSSR count). The molecule has 0 saturated heterocycles. The van der Waals surface area contributed by atoms with Crippen LogP contribution >= 0.6 is 0 Å². The Kier molecular flexibility index (Phi) is 4.49. The van der Waals surface area contributed by atoms with Crippen LogP contribution in [0.25, 0.3) is 0 Å². The summed E-state index contributed by atoms with van der Waals surface area (Å²) in [6.45, 7) is 0.236. The van der Waals surface area contributed by atoms with E-state index >= 15 is 0 Å². The number of carbonyl (C=O) groups excluding carboxylic acids is 1. The van der Waals surface area contributed by atoms with Gasteiger partial charge in [-0.05, 0) is 42.0 Å². The fourth-order valence-corrected chi connectivity index (χ4v) is 1.96. The van der Waals surface area contributed by atoms with Gasteiger partial charge in [0.1, 0.15) is 5.82 Å². The first-order valence-electron chi connectivity index (χ1n) is 6.44. The molecule has 6 heteroatoms. The van der Waals surface area contributed by atoms with E-state index in [2.05, 4.69) is 0 Å². The molecule has 1 amide bonds. The van der Waals surface area contributed by atoms with Crippen LogP contribution in [0.3, 0.4) is 0 Å². The molecule has 2 aromatic carbocycles. The van der Waals surface area contributed by atoms with Crippen molar-refractivity contribution in [1.29, 1.82) is 0 Å². The lowest BCUT2D eigenvalue weighted by Gasteiger charge is -2.17. The molecular formula is C16H13F4NO. The van der Waals surface area contributed by atoms with Crippen molar-refractivity contribution in [1.82, 2.24) is 4.90 Å². The normalized spacial score (nSPS) is 11.3. The van der Waals surface area contributed by atoms with Crippen LogP contribution in [0, 0.1) is 5.82 Å². The van der Waals surface area contributed by atoms with E-state index in [1.165, 1.54) is 24.1 Å². The van der Waals surface area contributed by atoms with Crippen LogP contribution < -0.4 is 0 Å². The van der Waals surface area contributed by atoms with Crippen LogP contribution in [0.1, 0.15) is 21.5 Å². The van der Waals surface area contributed by atoms with Gasteiger partial charge in [0.25, 0.3) is 5.91 Å². The summed E-state index contributed by atoms with van der Waals surface area (Å²) in [6, 6.07) is 9.70. The van der Waals surface area contributed by atoms with Crippen molar-refractivity contribution >= 4 is 5.91 Å². The molecule has 0 bridgehead atoms. The highest BCUT2D eigenvalue weighted by Crippen LogP contribution is 2.29. The van der Waals surface area contributed by atoms with Gasteiger partial charge in [0, 0.05) is 19.2 Å². The lowest BCUT2D eigenvalue weighted by molar-refractivity contribution is -0.137. The van der Waals surface area contributed by atoms with E-state index in [0.29, 0.717) is 0 Å². The van der Waals surface area contributed by atoms with Crippen LogP contribution in [0.5, 0.6) is 0 Å². The Morgan fingerprint density at radius 3 is 2.05 bits per heavy atom. The average molecular weight is 311 g/mol. The molecule has 0 fully saturated rings. The third kappa shape index (κ3) is 3.84. The average Bonchev–Trinajstić information content (AvgIpc) is 2.48. The summed E-state index contributed by atoms with van der Waals surface area (Å²) in [5.41, 5.74) is 0.0898. The minimum Gasteiger partial charge on any atom is -0.337 e. The molecule has 0 atom stereocenters. The van der Waals surface area contributed by atoms with Gasteiger partial charge >= 0.3 is 6.18 Å². The second-order valence-electron chi connectivity index (χ2n) is 4.86. The summed E-state index contributed by atoms with van der Waals surface area (Å²) in [5.74, 6) is -0.779. The number of benzene rings is 2.